The molecule has 0 spiro atoms. The average molecular weight is 233 g/mol. The summed E-state index contributed by atoms with van der Waals surface area (Å²) in [7, 11) is 0. The summed E-state index contributed by atoms with van der Waals surface area (Å²) < 4.78 is 10.2. The molecule has 17 heavy (non-hydrogen) atoms. The molecule has 1 heterocycles. The van der Waals surface area contributed by atoms with Gasteiger partial charge in [-0.05, 0) is 24.1 Å². The van der Waals surface area contributed by atoms with Crippen LogP contribution in [-0.4, -0.2) is 10.3 Å². The number of benzene rings is 1. The fourth-order valence-corrected chi connectivity index (χ4v) is 1.49. The molecule has 0 aliphatic heterocycles. The highest BCUT2D eigenvalue weighted by atomic mass is 16.5. The van der Waals surface area contributed by atoms with Crippen molar-refractivity contribution in [3.05, 3.63) is 47.9 Å². The molecule has 0 aliphatic carbocycles. The summed E-state index contributed by atoms with van der Waals surface area (Å²) in [5.41, 5.74) is 1.80. The Balaban J connectivity index is 1.94. The number of aliphatic hydroxyl groups is 1. The predicted octanol–water partition coefficient (Wildman–Crippen LogP) is 2.70. The third-order valence-electron chi connectivity index (χ3n) is 2.54. The van der Waals surface area contributed by atoms with Crippen LogP contribution in [0.5, 0.6) is 5.75 Å². The zero-order valence-electron chi connectivity index (χ0n) is 9.67. The van der Waals surface area contributed by atoms with E-state index < -0.39 is 6.10 Å². The zero-order valence-corrected chi connectivity index (χ0v) is 9.67. The van der Waals surface area contributed by atoms with Crippen molar-refractivity contribution in [2.45, 2.75) is 26.1 Å². The Morgan fingerprint density at radius 3 is 2.71 bits per heavy atom. The fraction of sp³-hybridized carbons (Fsp3) is 0.308. The fourth-order valence-electron chi connectivity index (χ4n) is 1.49. The molecule has 1 N–H and O–H groups in total. The third-order valence-corrected chi connectivity index (χ3v) is 2.54. The van der Waals surface area contributed by atoms with Crippen LogP contribution in [0.25, 0.3) is 0 Å². The van der Waals surface area contributed by atoms with Gasteiger partial charge in [0.25, 0.3) is 0 Å². The summed E-state index contributed by atoms with van der Waals surface area (Å²) in [5, 5.41) is 13.2. The topological polar surface area (TPSA) is 55.5 Å². The van der Waals surface area contributed by atoms with Gasteiger partial charge in [0, 0.05) is 5.56 Å². The molecule has 0 fully saturated rings. The van der Waals surface area contributed by atoms with Crippen molar-refractivity contribution in [1.82, 2.24) is 5.16 Å². The van der Waals surface area contributed by atoms with E-state index in [-0.39, 0.29) is 0 Å². The SMILES string of the molecule is CC[C@@H](O)c1ccc(OCc2cnoc2)cc1. The second-order valence-corrected chi connectivity index (χ2v) is 3.81. The van der Waals surface area contributed by atoms with Gasteiger partial charge in [-0.15, -0.1) is 0 Å². The van der Waals surface area contributed by atoms with E-state index in [1.807, 2.05) is 31.2 Å². The van der Waals surface area contributed by atoms with E-state index in [0.29, 0.717) is 13.0 Å². The van der Waals surface area contributed by atoms with E-state index in [1.54, 1.807) is 12.5 Å². The molecular formula is C13H15NO3. The minimum Gasteiger partial charge on any atom is -0.489 e. The smallest absolute Gasteiger partial charge is 0.130 e. The van der Waals surface area contributed by atoms with Crippen LogP contribution < -0.4 is 4.74 Å². The van der Waals surface area contributed by atoms with Crippen molar-refractivity contribution in [3.8, 4) is 5.75 Å². The second-order valence-electron chi connectivity index (χ2n) is 3.81. The summed E-state index contributed by atoms with van der Waals surface area (Å²) in [6.45, 7) is 2.38. The van der Waals surface area contributed by atoms with E-state index in [4.69, 9.17) is 9.26 Å². The van der Waals surface area contributed by atoms with Gasteiger partial charge in [0.05, 0.1) is 12.3 Å². The minimum atomic E-state index is -0.401. The van der Waals surface area contributed by atoms with Gasteiger partial charge in [-0.1, -0.05) is 24.2 Å². The third kappa shape index (κ3) is 3.07. The number of hydrogen-bond donors (Lipinski definition) is 1. The average Bonchev–Trinajstić information content (AvgIpc) is 2.89. The maximum absolute atomic E-state index is 9.64. The van der Waals surface area contributed by atoms with E-state index in [1.165, 1.54) is 0 Å². The number of ether oxygens (including phenoxy) is 1. The van der Waals surface area contributed by atoms with E-state index in [0.717, 1.165) is 16.9 Å². The molecule has 0 aliphatic rings. The molecule has 4 nitrogen and oxygen atoms in total. The first-order chi connectivity index (χ1) is 8.29. The molecule has 0 bridgehead atoms. The first-order valence-electron chi connectivity index (χ1n) is 5.58. The lowest BCUT2D eigenvalue weighted by Crippen LogP contribution is -1.96. The molecule has 90 valence electrons. The lowest BCUT2D eigenvalue weighted by atomic mass is 10.1. The monoisotopic (exact) mass is 233 g/mol. The van der Waals surface area contributed by atoms with E-state index in [9.17, 15) is 5.11 Å². The molecule has 0 saturated carbocycles. The van der Waals surface area contributed by atoms with Crippen LogP contribution in [0.3, 0.4) is 0 Å². The van der Waals surface area contributed by atoms with Gasteiger partial charge in [-0.3, -0.25) is 0 Å². The standard InChI is InChI=1S/C13H15NO3/c1-2-13(15)11-3-5-12(6-4-11)16-8-10-7-14-17-9-10/h3-7,9,13,15H,2,8H2,1H3/t13-/m1/s1. The van der Waals surface area contributed by atoms with E-state index >= 15 is 0 Å². The Morgan fingerprint density at radius 2 is 2.12 bits per heavy atom. The molecule has 2 rings (SSSR count). The van der Waals surface area contributed by atoms with Crippen LogP contribution in [0.4, 0.5) is 0 Å². The highest BCUT2D eigenvalue weighted by Crippen LogP contribution is 2.20. The van der Waals surface area contributed by atoms with Crippen LogP contribution in [-0.2, 0) is 6.61 Å². The molecule has 0 radical (unpaired) electrons. The molecule has 0 saturated heterocycles. The highest BCUT2D eigenvalue weighted by molar-refractivity contribution is 5.28. The molecule has 0 unspecified atom stereocenters. The number of hydrogen-bond acceptors (Lipinski definition) is 4. The zero-order chi connectivity index (χ0) is 12.1. The molecule has 1 aromatic carbocycles. The number of nitrogens with zero attached hydrogens (tertiary/aromatic N) is 1. The quantitative estimate of drug-likeness (QED) is 0.862. The van der Waals surface area contributed by atoms with E-state index in [2.05, 4.69) is 5.16 Å². The summed E-state index contributed by atoms with van der Waals surface area (Å²) in [6, 6.07) is 7.44. The van der Waals surface area contributed by atoms with Crippen LogP contribution in [0.1, 0.15) is 30.6 Å². The van der Waals surface area contributed by atoms with Crippen LogP contribution in [0.2, 0.25) is 0 Å². The number of rotatable bonds is 5. The maximum Gasteiger partial charge on any atom is 0.130 e. The normalized spacial score (nSPS) is 12.4. The predicted molar refractivity (Wildman–Crippen MR) is 62.5 cm³/mol. The first kappa shape index (κ1) is 11.7. The molecule has 2 aromatic rings. The Morgan fingerprint density at radius 1 is 1.35 bits per heavy atom. The largest absolute Gasteiger partial charge is 0.489 e. The van der Waals surface area contributed by atoms with Crippen LogP contribution in [0.15, 0.2) is 41.2 Å². The van der Waals surface area contributed by atoms with Crippen molar-refractivity contribution in [3.63, 3.8) is 0 Å². The van der Waals surface area contributed by atoms with Crippen molar-refractivity contribution >= 4 is 0 Å². The summed E-state index contributed by atoms with van der Waals surface area (Å²) in [5.74, 6) is 0.762. The number of aromatic nitrogens is 1. The first-order valence-corrected chi connectivity index (χ1v) is 5.58. The van der Waals surface area contributed by atoms with Gasteiger partial charge < -0.3 is 14.4 Å². The molecule has 1 aromatic heterocycles. The number of aliphatic hydroxyl groups excluding tert-OH is 1. The van der Waals surface area contributed by atoms with Crippen molar-refractivity contribution in [2.24, 2.45) is 0 Å². The Bertz CT molecular complexity index is 436. The van der Waals surface area contributed by atoms with Crippen LogP contribution in [0, 0.1) is 0 Å². The summed E-state index contributed by atoms with van der Waals surface area (Å²) in [6.07, 6.45) is 3.48. The molecule has 4 heteroatoms. The van der Waals surface area contributed by atoms with Crippen molar-refractivity contribution in [1.29, 1.82) is 0 Å². The van der Waals surface area contributed by atoms with Crippen molar-refractivity contribution < 1.29 is 14.4 Å². The van der Waals surface area contributed by atoms with Gasteiger partial charge >= 0.3 is 0 Å². The van der Waals surface area contributed by atoms with Crippen molar-refractivity contribution in [2.75, 3.05) is 0 Å². The Kier molecular flexibility index (Phi) is 3.77. The van der Waals surface area contributed by atoms with Gasteiger partial charge in [-0.2, -0.15) is 0 Å². The lowest BCUT2D eigenvalue weighted by molar-refractivity contribution is 0.173. The van der Waals surface area contributed by atoms with Gasteiger partial charge in [0.15, 0.2) is 0 Å². The summed E-state index contributed by atoms with van der Waals surface area (Å²) >= 11 is 0. The van der Waals surface area contributed by atoms with Crippen LogP contribution >= 0.6 is 0 Å². The second kappa shape index (κ2) is 5.50. The maximum atomic E-state index is 9.64. The lowest BCUT2D eigenvalue weighted by Gasteiger charge is -2.09. The molecule has 0 amide bonds. The molecular weight excluding hydrogens is 218 g/mol. The van der Waals surface area contributed by atoms with Gasteiger partial charge in [0.1, 0.15) is 18.6 Å². The minimum absolute atomic E-state index is 0.401. The van der Waals surface area contributed by atoms with Gasteiger partial charge in [-0.25, -0.2) is 0 Å². The highest BCUT2D eigenvalue weighted by Gasteiger charge is 2.04. The Labute approximate surface area is 99.8 Å². The molecule has 1 atom stereocenters. The summed E-state index contributed by atoms with van der Waals surface area (Å²) in [4.78, 5) is 0. The van der Waals surface area contributed by atoms with Gasteiger partial charge in [0.2, 0.25) is 0 Å². The Hall–Kier alpha value is -1.81.